The molecule has 1 aromatic carbocycles. The Morgan fingerprint density at radius 2 is 1.74 bits per heavy atom. The highest BCUT2D eigenvalue weighted by Crippen LogP contribution is 2.21. The lowest BCUT2D eigenvalue weighted by Gasteiger charge is -2.28. The summed E-state index contributed by atoms with van der Waals surface area (Å²) in [6.07, 6.45) is 1.94. The van der Waals surface area contributed by atoms with E-state index in [1.807, 2.05) is 13.8 Å². The molecule has 27 heavy (non-hydrogen) atoms. The molecule has 1 fully saturated rings. The third-order valence-corrected chi connectivity index (χ3v) is 5.26. The maximum absolute atomic E-state index is 12.9. The first-order chi connectivity index (χ1) is 12.6. The Labute approximate surface area is 159 Å². The lowest BCUT2D eigenvalue weighted by Crippen LogP contribution is -2.48. The summed E-state index contributed by atoms with van der Waals surface area (Å²) in [4.78, 5) is 37.0. The molecule has 1 aliphatic rings. The number of nitrogens with zero attached hydrogens (tertiary/aromatic N) is 2. The van der Waals surface area contributed by atoms with E-state index in [0.29, 0.717) is 25.9 Å². The van der Waals surface area contributed by atoms with Gasteiger partial charge in [-0.3, -0.25) is 14.4 Å². The first kappa shape index (κ1) is 20.9. The van der Waals surface area contributed by atoms with E-state index >= 15 is 0 Å². The molecular weight excluding hydrogens is 370 g/mol. The molecule has 148 valence electrons. The van der Waals surface area contributed by atoms with E-state index in [4.69, 9.17) is 0 Å². The van der Waals surface area contributed by atoms with Crippen LogP contribution in [0.5, 0.6) is 0 Å². The summed E-state index contributed by atoms with van der Waals surface area (Å²) in [6, 6.07) is 5.93. The molecular formula is C18H25N3O5S. The number of hydrogen-bond donors (Lipinski definition) is 1. The molecule has 2 rings (SSSR count). The van der Waals surface area contributed by atoms with Crippen LogP contribution in [0.1, 0.15) is 37.0 Å². The van der Waals surface area contributed by atoms with Crippen LogP contribution in [0.2, 0.25) is 0 Å². The Bertz CT molecular complexity index is 835. The fraction of sp³-hybridized carbons (Fsp3) is 0.500. The predicted octanol–water partition coefficient (Wildman–Crippen LogP) is 0.842. The van der Waals surface area contributed by atoms with Gasteiger partial charge in [-0.15, -0.1) is 0 Å². The van der Waals surface area contributed by atoms with Crippen molar-refractivity contribution in [2.45, 2.75) is 31.6 Å². The molecule has 9 heteroatoms. The minimum atomic E-state index is -3.59. The van der Waals surface area contributed by atoms with Crippen LogP contribution in [0.3, 0.4) is 0 Å². The minimum Gasteiger partial charge on any atom is -0.347 e. The summed E-state index contributed by atoms with van der Waals surface area (Å²) >= 11 is 0. The highest BCUT2D eigenvalue weighted by molar-refractivity contribution is 7.90. The number of hydrazine groups is 1. The van der Waals surface area contributed by atoms with E-state index < -0.39 is 21.7 Å². The number of carbonyl (C=O) groups is 3. The van der Waals surface area contributed by atoms with E-state index in [9.17, 15) is 22.8 Å². The van der Waals surface area contributed by atoms with Crippen molar-refractivity contribution in [3.63, 3.8) is 0 Å². The second kappa shape index (κ2) is 8.51. The summed E-state index contributed by atoms with van der Waals surface area (Å²) in [6.45, 7) is 4.25. The van der Waals surface area contributed by atoms with Crippen molar-refractivity contribution in [2.75, 3.05) is 25.9 Å². The van der Waals surface area contributed by atoms with Crippen molar-refractivity contribution >= 4 is 27.6 Å². The molecule has 0 saturated carbocycles. The smallest absolute Gasteiger partial charge is 0.273 e. The van der Waals surface area contributed by atoms with Gasteiger partial charge in [0.25, 0.3) is 11.8 Å². The molecule has 1 heterocycles. The molecule has 8 nitrogen and oxygen atoms in total. The number of rotatable bonds is 6. The van der Waals surface area contributed by atoms with Crippen LogP contribution in [-0.4, -0.2) is 62.0 Å². The van der Waals surface area contributed by atoms with Gasteiger partial charge >= 0.3 is 0 Å². The Kier molecular flexibility index (Phi) is 6.59. The Morgan fingerprint density at radius 1 is 1.11 bits per heavy atom. The van der Waals surface area contributed by atoms with E-state index in [0.717, 1.165) is 6.26 Å². The van der Waals surface area contributed by atoms with Crippen LogP contribution >= 0.6 is 0 Å². The van der Waals surface area contributed by atoms with Crippen molar-refractivity contribution in [1.82, 2.24) is 15.3 Å². The van der Waals surface area contributed by atoms with Gasteiger partial charge < -0.3 is 5.32 Å². The average molecular weight is 395 g/mol. The molecule has 1 aromatic rings. The second-order valence-electron chi connectivity index (χ2n) is 6.94. The van der Waals surface area contributed by atoms with E-state index in [1.54, 1.807) is 12.1 Å². The first-order valence-electron chi connectivity index (χ1n) is 8.79. The average Bonchev–Trinajstić information content (AvgIpc) is 3.07. The molecule has 0 unspecified atom stereocenters. The molecule has 1 saturated heterocycles. The number of carbonyl (C=O) groups excluding carboxylic acids is 3. The van der Waals surface area contributed by atoms with Gasteiger partial charge in [-0.05, 0) is 24.5 Å². The standard InChI is InChI=1S/C18H25N3O5S/c1-13(2)11-16(22)19-12-17(23)20-9-6-10-21(20)18(24)14-7-4-5-8-15(14)27(3,25)26/h4-5,7-8,13H,6,9-12H2,1-3H3,(H,19,22). The number of amides is 3. The van der Waals surface area contributed by atoms with Crippen LogP contribution < -0.4 is 5.32 Å². The SMILES string of the molecule is CC(C)CC(=O)NCC(=O)N1CCCN1C(=O)c1ccccc1S(C)(=O)=O. The topological polar surface area (TPSA) is 104 Å². The van der Waals surface area contributed by atoms with Crippen molar-refractivity contribution in [2.24, 2.45) is 5.92 Å². The quantitative estimate of drug-likeness (QED) is 0.769. The molecule has 0 atom stereocenters. The highest BCUT2D eigenvalue weighted by Gasteiger charge is 2.33. The normalized spacial score (nSPS) is 14.5. The van der Waals surface area contributed by atoms with Crippen molar-refractivity contribution in [3.05, 3.63) is 29.8 Å². The fourth-order valence-corrected chi connectivity index (χ4v) is 3.78. The summed E-state index contributed by atoms with van der Waals surface area (Å²) in [5, 5.41) is 5.09. The van der Waals surface area contributed by atoms with Crippen LogP contribution in [0.4, 0.5) is 0 Å². The molecule has 0 radical (unpaired) electrons. The minimum absolute atomic E-state index is 0.0311. The van der Waals surface area contributed by atoms with Crippen LogP contribution in [0.25, 0.3) is 0 Å². The molecule has 0 aromatic heterocycles. The van der Waals surface area contributed by atoms with Crippen molar-refractivity contribution in [1.29, 1.82) is 0 Å². The van der Waals surface area contributed by atoms with Gasteiger partial charge in [0.1, 0.15) is 0 Å². The van der Waals surface area contributed by atoms with Gasteiger partial charge in [0, 0.05) is 25.8 Å². The number of sulfone groups is 1. The maximum atomic E-state index is 12.9. The zero-order chi connectivity index (χ0) is 20.2. The molecule has 1 aliphatic heterocycles. The van der Waals surface area contributed by atoms with Gasteiger partial charge in [-0.1, -0.05) is 26.0 Å². The fourth-order valence-electron chi connectivity index (χ4n) is 2.90. The van der Waals surface area contributed by atoms with Gasteiger partial charge in [0.15, 0.2) is 9.84 Å². The number of benzene rings is 1. The maximum Gasteiger partial charge on any atom is 0.273 e. The number of nitrogens with one attached hydrogen (secondary N) is 1. The molecule has 3 amide bonds. The first-order valence-corrected chi connectivity index (χ1v) is 10.7. The van der Waals surface area contributed by atoms with Crippen molar-refractivity contribution in [3.8, 4) is 0 Å². The van der Waals surface area contributed by atoms with Crippen LogP contribution in [0.15, 0.2) is 29.2 Å². The monoisotopic (exact) mass is 395 g/mol. The molecule has 0 spiro atoms. The Balaban J connectivity index is 2.13. The summed E-state index contributed by atoms with van der Waals surface area (Å²) < 4.78 is 23.9. The van der Waals surface area contributed by atoms with Crippen LogP contribution in [-0.2, 0) is 19.4 Å². The van der Waals surface area contributed by atoms with Gasteiger partial charge in [0.05, 0.1) is 17.0 Å². The summed E-state index contributed by atoms with van der Waals surface area (Å²) in [7, 11) is -3.59. The Morgan fingerprint density at radius 3 is 2.37 bits per heavy atom. The molecule has 0 bridgehead atoms. The largest absolute Gasteiger partial charge is 0.347 e. The third-order valence-electron chi connectivity index (χ3n) is 4.10. The second-order valence-corrected chi connectivity index (χ2v) is 8.93. The zero-order valence-electron chi connectivity index (χ0n) is 15.8. The van der Waals surface area contributed by atoms with E-state index in [1.165, 1.54) is 22.2 Å². The van der Waals surface area contributed by atoms with Gasteiger partial charge in [-0.25, -0.2) is 18.4 Å². The number of hydrogen-bond acceptors (Lipinski definition) is 5. The van der Waals surface area contributed by atoms with Crippen LogP contribution in [0, 0.1) is 5.92 Å². The lowest BCUT2D eigenvalue weighted by molar-refractivity contribution is -0.141. The highest BCUT2D eigenvalue weighted by atomic mass is 32.2. The predicted molar refractivity (Wildman–Crippen MR) is 99.4 cm³/mol. The summed E-state index contributed by atoms with van der Waals surface area (Å²) in [5.41, 5.74) is 0.0311. The van der Waals surface area contributed by atoms with Gasteiger partial charge in [-0.2, -0.15) is 0 Å². The van der Waals surface area contributed by atoms with E-state index in [2.05, 4.69) is 5.32 Å². The Hall–Kier alpha value is -2.42. The summed E-state index contributed by atoms with van der Waals surface area (Å²) in [5.74, 6) is -1.000. The van der Waals surface area contributed by atoms with Crippen molar-refractivity contribution < 1.29 is 22.8 Å². The van der Waals surface area contributed by atoms with Gasteiger partial charge in [0.2, 0.25) is 5.91 Å². The zero-order valence-corrected chi connectivity index (χ0v) is 16.6. The third kappa shape index (κ3) is 5.29. The lowest BCUT2D eigenvalue weighted by atomic mass is 10.1. The molecule has 1 N–H and O–H groups in total. The van der Waals surface area contributed by atoms with E-state index in [-0.39, 0.29) is 28.8 Å². The molecule has 0 aliphatic carbocycles.